The van der Waals surface area contributed by atoms with E-state index in [4.69, 9.17) is 4.74 Å². The average Bonchev–Trinajstić information content (AvgIpc) is 3.16. The van der Waals surface area contributed by atoms with Crippen LogP contribution in [0.4, 0.5) is 0 Å². The van der Waals surface area contributed by atoms with Crippen molar-refractivity contribution in [2.75, 3.05) is 19.6 Å². The van der Waals surface area contributed by atoms with E-state index in [-0.39, 0.29) is 30.1 Å². The van der Waals surface area contributed by atoms with E-state index in [2.05, 4.69) is 24.3 Å². The Kier molecular flexibility index (Phi) is 6.43. The maximum atomic E-state index is 12.3. The number of rotatable bonds is 6. The topological polar surface area (TPSA) is 76.5 Å². The van der Waals surface area contributed by atoms with Gasteiger partial charge in [0.2, 0.25) is 11.8 Å². The first-order chi connectivity index (χ1) is 13.3. The minimum Gasteiger partial charge on any atom is -0.370 e. The van der Waals surface area contributed by atoms with Gasteiger partial charge in [0.05, 0.1) is 17.4 Å². The number of aromatic nitrogens is 2. The fraction of sp³-hybridized carbons (Fsp3) is 0.762. The number of carbonyl (C=O) groups is 2. The molecule has 2 aliphatic rings. The number of ether oxygens (including phenoxy) is 1. The lowest BCUT2D eigenvalue weighted by molar-refractivity contribution is -0.138. The van der Waals surface area contributed by atoms with Gasteiger partial charge in [-0.2, -0.15) is 5.10 Å². The molecule has 1 atom stereocenters. The second kappa shape index (κ2) is 8.64. The third kappa shape index (κ3) is 5.13. The molecule has 2 amide bonds. The number of nitrogens with zero attached hydrogens (tertiary/aromatic N) is 3. The summed E-state index contributed by atoms with van der Waals surface area (Å²) in [6.07, 6.45) is 4.44. The molecule has 1 aromatic rings. The van der Waals surface area contributed by atoms with Crippen LogP contribution in [0.1, 0.15) is 57.3 Å². The number of nitrogens with one attached hydrogen (secondary N) is 1. The summed E-state index contributed by atoms with van der Waals surface area (Å²) in [7, 11) is 0. The van der Waals surface area contributed by atoms with E-state index >= 15 is 0 Å². The van der Waals surface area contributed by atoms with Gasteiger partial charge in [-0.1, -0.05) is 13.8 Å². The van der Waals surface area contributed by atoms with Gasteiger partial charge in [0.25, 0.3) is 0 Å². The van der Waals surface area contributed by atoms with Crippen molar-refractivity contribution in [1.29, 1.82) is 0 Å². The average molecular weight is 391 g/mol. The van der Waals surface area contributed by atoms with Crippen molar-refractivity contribution >= 4 is 11.8 Å². The molecule has 28 heavy (non-hydrogen) atoms. The quantitative estimate of drug-likeness (QED) is 0.808. The Balaban J connectivity index is 1.41. The molecule has 2 aliphatic heterocycles. The molecule has 0 unspecified atom stereocenters. The summed E-state index contributed by atoms with van der Waals surface area (Å²) < 4.78 is 8.08. The molecule has 7 nitrogen and oxygen atoms in total. The van der Waals surface area contributed by atoms with Gasteiger partial charge in [-0.3, -0.25) is 14.3 Å². The highest BCUT2D eigenvalue weighted by Crippen LogP contribution is 2.38. The van der Waals surface area contributed by atoms with E-state index in [0.717, 1.165) is 50.2 Å². The fourth-order valence-corrected chi connectivity index (χ4v) is 4.30. The zero-order chi connectivity index (χ0) is 20.3. The zero-order valence-electron chi connectivity index (χ0n) is 17.7. The van der Waals surface area contributed by atoms with Crippen LogP contribution in [0.2, 0.25) is 0 Å². The summed E-state index contributed by atoms with van der Waals surface area (Å²) in [5, 5.41) is 7.32. The van der Waals surface area contributed by atoms with Gasteiger partial charge in [0.15, 0.2) is 0 Å². The maximum absolute atomic E-state index is 12.3. The highest BCUT2D eigenvalue weighted by atomic mass is 16.5. The molecule has 0 aromatic carbocycles. The number of likely N-dealkylation sites (tertiary alicyclic amines) is 1. The zero-order valence-corrected chi connectivity index (χ0v) is 17.7. The van der Waals surface area contributed by atoms with Crippen LogP contribution in [0.3, 0.4) is 0 Å². The minimum atomic E-state index is -0.111. The number of carbonyl (C=O) groups excluding carboxylic acids is 2. The first-order valence-electron chi connectivity index (χ1n) is 10.5. The van der Waals surface area contributed by atoms with Crippen molar-refractivity contribution in [3.8, 4) is 0 Å². The first-order valence-corrected chi connectivity index (χ1v) is 10.5. The molecule has 3 rings (SSSR count). The van der Waals surface area contributed by atoms with Crippen molar-refractivity contribution in [1.82, 2.24) is 20.0 Å². The normalized spacial score (nSPS) is 21.5. The molecule has 3 heterocycles. The van der Waals surface area contributed by atoms with Gasteiger partial charge in [0, 0.05) is 31.7 Å². The van der Waals surface area contributed by atoms with Gasteiger partial charge in [-0.05, 0) is 51.5 Å². The summed E-state index contributed by atoms with van der Waals surface area (Å²) >= 11 is 0. The Morgan fingerprint density at radius 3 is 2.61 bits per heavy atom. The van der Waals surface area contributed by atoms with Gasteiger partial charge in [-0.15, -0.1) is 0 Å². The molecule has 7 heteroatoms. The van der Waals surface area contributed by atoms with Crippen LogP contribution in [0.15, 0.2) is 6.07 Å². The Hall–Kier alpha value is -1.89. The number of hydrogen-bond acceptors (Lipinski definition) is 4. The van der Waals surface area contributed by atoms with E-state index in [0.29, 0.717) is 18.9 Å². The summed E-state index contributed by atoms with van der Waals surface area (Å²) in [6.45, 7) is 10.4. The molecule has 1 aromatic heterocycles. The Morgan fingerprint density at radius 1 is 1.29 bits per heavy atom. The van der Waals surface area contributed by atoms with Crippen molar-refractivity contribution in [3.05, 3.63) is 17.5 Å². The van der Waals surface area contributed by atoms with Gasteiger partial charge in [0.1, 0.15) is 6.54 Å². The van der Waals surface area contributed by atoms with Gasteiger partial charge in [-0.25, -0.2) is 0 Å². The lowest BCUT2D eigenvalue weighted by Gasteiger charge is -2.39. The fourth-order valence-electron chi connectivity index (χ4n) is 4.30. The van der Waals surface area contributed by atoms with E-state index in [1.807, 2.05) is 24.8 Å². The van der Waals surface area contributed by atoms with Crippen LogP contribution >= 0.6 is 0 Å². The van der Waals surface area contributed by atoms with E-state index in [9.17, 15) is 9.59 Å². The third-order valence-corrected chi connectivity index (χ3v) is 5.87. The molecular formula is C21H34N4O3. The van der Waals surface area contributed by atoms with Crippen molar-refractivity contribution in [2.45, 2.75) is 78.0 Å². The van der Waals surface area contributed by atoms with E-state index in [1.54, 1.807) is 4.68 Å². The Morgan fingerprint density at radius 2 is 2.00 bits per heavy atom. The van der Waals surface area contributed by atoms with Gasteiger partial charge < -0.3 is 15.0 Å². The summed E-state index contributed by atoms with van der Waals surface area (Å²) in [6, 6.07) is 1.97. The maximum Gasteiger partial charge on any atom is 0.241 e. The van der Waals surface area contributed by atoms with E-state index < -0.39 is 0 Å². The van der Waals surface area contributed by atoms with Crippen molar-refractivity contribution in [3.63, 3.8) is 0 Å². The number of hydrogen-bond donors (Lipinski definition) is 1. The molecular weight excluding hydrogens is 356 g/mol. The molecule has 1 N–H and O–H groups in total. The van der Waals surface area contributed by atoms with Crippen LogP contribution in [0.25, 0.3) is 0 Å². The van der Waals surface area contributed by atoms with Crippen LogP contribution in [0, 0.1) is 19.8 Å². The number of piperidine rings is 1. The highest BCUT2D eigenvalue weighted by molar-refractivity contribution is 5.76. The molecule has 2 fully saturated rings. The minimum absolute atomic E-state index is 0.0372. The summed E-state index contributed by atoms with van der Waals surface area (Å²) in [5.41, 5.74) is 1.80. The lowest BCUT2D eigenvalue weighted by atomic mass is 9.88. The number of aryl methyl sites for hydroxylation is 2. The predicted molar refractivity (Wildman–Crippen MR) is 107 cm³/mol. The predicted octanol–water partition coefficient (Wildman–Crippen LogP) is 2.20. The molecule has 0 radical (unpaired) electrons. The third-order valence-electron chi connectivity index (χ3n) is 5.87. The number of amides is 2. The van der Waals surface area contributed by atoms with Crippen LogP contribution in [-0.4, -0.2) is 57.8 Å². The van der Waals surface area contributed by atoms with Crippen molar-refractivity contribution in [2.24, 2.45) is 5.92 Å². The Bertz CT molecular complexity index is 705. The second-order valence-corrected chi connectivity index (χ2v) is 8.83. The summed E-state index contributed by atoms with van der Waals surface area (Å²) in [4.78, 5) is 26.5. The SMILES string of the molecule is Cc1cc(C)n(CC(=O)NC[C@@H]2CCC3(CCN(C(=O)CC(C)C)CC3)O2)n1. The first kappa shape index (κ1) is 20.8. The highest BCUT2D eigenvalue weighted by Gasteiger charge is 2.43. The smallest absolute Gasteiger partial charge is 0.241 e. The van der Waals surface area contributed by atoms with E-state index in [1.165, 1.54) is 0 Å². The lowest BCUT2D eigenvalue weighted by Crippen LogP contribution is -2.47. The van der Waals surface area contributed by atoms with Crippen molar-refractivity contribution < 1.29 is 14.3 Å². The van der Waals surface area contributed by atoms with Crippen LogP contribution in [0.5, 0.6) is 0 Å². The molecule has 2 saturated heterocycles. The Labute approximate surface area is 167 Å². The molecule has 0 saturated carbocycles. The van der Waals surface area contributed by atoms with Crippen LogP contribution in [-0.2, 0) is 20.9 Å². The van der Waals surface area contributed by atoms with Crippen LogP contribution < -0.4 is 5.32 Å². The second-order valence-electron chi connectivity index (χ2n) is 8.83. The molecule has 1 spiro atoms. The molecule has 156 valence electrons. The van der Waals surface area contributed by atoms with Gasteiger partial charge >= 0.3 is 0 Å². The largest absolute Gasteiger partial charge is 0.370 e. The molecule has 0 aliphatic carbocycles. The monoisotopic (exact) mass is 390 g/mol. The standard InChI is InChI=1S/C21H34N4O3/c1-15(2)11-20(27)24-9-7-21(8-10-24)6-5-18(28-21)13-22-19(26)14-25-17(4)12-16(3)23-25/h12,15,18H,5-11,13-14H2,1-4H3,(H,22,26)/t18-/m0/s1. The summed E-state index contributed by atoms with van der Waals surface area (Å²) in [5.74, 6) is 0.620. The molecule has 0 bridgehead atoms.